The summed E-state index contributed by atoms with van der Waals surface area (Å²) < 4.78 is 45.0. The lowest BCUT2D eigenvalue weighted by molar-refractivity contribution is -0.274. The van der Waals surface area contributed by atoms with E-state index in [1.807, 2.05) is 6.92 Å². The van der Waals surface area contributed by atoms with E-state index < -0.39 is 6.36 Å². The predicted octanol–water partition coefficient (Wildman–Crippen LogP) is 4.42. The van der Waals surface area contributed by atoms with Crippen LogP contribution < -0.4 is 9.47 Å². The zero-order valence-electron chi connectivity index (χ0n) is 9.18. The first-order valence-electron chi connectivity index (χ1n) is 5.10. The highest BCUT2D eigenvalue weighted by Gasteiger charge is 2.31. The van der Waals surface area contributed by atoms with E-state index in [1.54, 1.807) is 0 Å². The molecule has 0 N–H and O–H groups in total. The molecule has 0 aliphatic heterocycles. The van der Waals surface area contributed by atoms with Gasteiger partial charge in [-0.25, -0.2) is 0 Å². The molecule has 1 aromatic carbocycles. The Balaban J connectivity index is 2.72. The standard InChI is InChI=1S/C11H12ClF3O2/c1-2-3-4-16-9-5-8(12)6-10(7-9)17-11(13,14)15/h5-7H,2-4H2,1H3. The molecule has 6 heteroatoms. The maximum atomic E-state index is 12.0. The van der Waals surface area contributed by atoms with Crippen LogP contribution in [-0.2, 0) is 0 Å². The minimum atomic E-state index is -4.73. The van der Waals surface area contributed by atoms with Crippen LogP contribution in [0.2, 0.25) is 5.02 Å². The largest absolute Gasteiger partial charge is 0.573 e. The Kier molecular flexibility index (Phi) is 4.93. The van der Waals surface area contributed by atoms with E-state index in [9.17, 15) is 13.2 Å². The van der Waals surface area contributed by atoms with Crippen molar-refractivity contribution in [2.45, 2.75) is 26.1 Å². The van der Waals surface area contributed by atoms with Crippen molar-refractivity contribution in [2.24, 2.45) is 0 Å². The van der Waals surface area contributed by atoms with Gasteiger partial charge in [0.25, 0.3) is 0 Å². The highest BCUT2D eigenvalue weighted by molar-refractivity contribution is 6.30. The molecule has 0 saturated carbocycles. The summed E-state index contributed by atoms with van der Waals surface area (Å²) in [4.78, 5) is 0. The SMILES string of the molecule is CCCCOc1cc(Cl)cc(OC(F)(F)F)c1. The normalized spacial score (nSPS) is 11.4. The molecule has 0 aromatic heterocycles. The molecule has 96 valence electrons. The van der Waals surface area contributed by atoms with Gasteiger partial charge in [0, 0.05) is 11.1 Å². The van der Waals surface area contributed by atoms with Gasteiger partial charge < -0.3 is 9.47 Å². The van der Waals surface area contributed by atoms with E-state index >= 15 is 0 Å². The maximum Gasteiger partial charge on any atom is 0.573 e. The fraction of sp³-hybridized carbons (Fsp3) is 0.455. The van der Waals surface area contributed by atoms with Crippen molar-refractivity contribution in [3.05, 3.63) is 23.2 Å². The van der Waals surface area contributed by atoms with Crippen molar-refractivity contribution in [3.63, 3.8) is 0 Å². The summed E-state index contributed by atoms with van der Waals surface area (Å²) >= 11 is 5.66. The van der Waals surface area contributed by atoms with Crippen molar-refractivity contribution in [2.75, 3.05) is 6.61 Å². The van der Waals surface area contributed by atoms with E-state index in [4.69, 9.17) is 16.3 Å². The van der Waals surface area contributed by atoms with Crippen LogP contribution in [0.5, 0.6) is 11.5 Å². The van der Waals surface area contributed by atoms with Crippen LogP contribution in [0.15, 0.2) is 18.2 Å². The quantitative estimate of drug-likeness (QED) is 0.736. The number of alkyl halides is 3. The van der Waals surface area contributed by atoms with Gasteiger partial charge in [-0.05, 0) is 18.6 Å². The molecule has 1 rings (SSSR count). The van der Waals surface area contributed by atoms with Crippen LogP contribution in [0.25, 0.3) is 0 Å². The second kappa shape index (κ2) is 6.00. The van der Waals surface area contributed by atoms with Crippen molar-refractivity contribution in [3.8, 4) is 11.5 Å². The average molecular weight is 269 g/mol. The molecule has 0 fully saturated rings. The fourth-order valence-corrected chi connectivity index (χ4v) is 1.36. The van der Waals surface area contributed by atoms with Crippen molar-refractivity contribution >= 4 is 11.6 Å². The molecule has 1 aromatic rings. The molecule has 0 atom stereocenters. The molecule has 0 bridgehead atoms. The van der Waals surface area contributed by atoms with Crippen LogP contribution in [0, 0.1) is 0 Å². The molecule has 0 radical (unpaired) electrons. The fourth-order valence-electron chi connectivity index (χ4n) is 1.15. The van der Waals surface area contributed by atoms with Crippen molar-refractivity contribution < 1.29 is 22.6 Å². The number of benzene rings is 1. The Hall–Kier alpha value is -1.10. The average Bonchev–Trinajstić information content (AvgIpc) is 2.14. The van der Waals surface area contributed by atoms with Gasteiger partial charge in [-0.3, -0.25) is 0 Å². The summed E-state index contributed by atoms with van der Waals surface area (Å²) in [6, 6.07) is 3.69. The second-order valence-electron chi connectivity index (χ2n) is 3.37. The molecular weight excluding hydrogens is 257 g/mol. The van der Waals surface area contributed by atoms with Crippen LogP contribution >= 0.6 is 11.6 Å². The first-order chi connectivity index (χ1) is 7.90. The van der Waals surface area contributed by atoms with Crippen LogP contribution in [0.4, 0.5) is 13.2 Å². The van der Waals surface area contributed by atoms with Gasteiger partial charge in [0.2, 0.25) is 0 Å². The van der Waals surface area contributed by atoms with Gasteiger partial charge in [0.15, 0.2) is 0 Å². The molecule has 0 amide bonds. The predicted molar refractivity (Wildman–Crippen MR) is 58.5 cm³/mol. The number of hydrogen-bond donors (Lipinski definition) is 0. The molecule has 0 heterocycles. The van der Waals surface area contributed by atoms with E-state index in [0.29, 0.717) is 6.61 Å². The number of halogens is 4. The third-order valence-corrected chi connectivity index (χ3v) is 2.06. The van der Waals surface area contributed by atoms with E-state index in [1.165, 1.54) is 6.07 Å². The summed E-state index contributed by atoms with van der Waals surface area (Å²) in [6.45, 7) is 2.42. The highest BCUT2D eigenvalue weighted by Crippen LogP contribution is 2.30. The molecule has 0 aliphatic carbocycles. The molecule has 0 spiro atoms. The van der Waals surface area contributed by atoms with Gasteiger partial charge in [-0.15, -0.1) is 13.2 Å². The first kappa shape index (κ1) is 14.0. The third kappa shape index (κ3) is 5.68. The van der Waals surface area contributed by atoms with Gasteiger partial charge in [-0.1, -0.05) is 24.9 Å². The highest BCUT2D eigenvalue weighted by atomic mass is 35.5. The summed E-state index contributed by atoms with van der Waals surface area (Å²) in [5.74, 6) is -0.110. The van der Waals surface area contributed by atoms with Crippen LogP contribution in [-0.4, -0.2) is 13.0 Å². The number of ether oxygens (including phenoxy) is 2. The Morgan fingerprint density at radius 1 is 1.18 bits per heavy atom. The smallest absolute Gasteiger partial charge is 0.493 e. The molecule has 0 unspecified atom stereocenters. The first-order valence-corrected chi connectivity index (χ1v) is 5.47. The van der Waals surface area contributed by atoms with Gasteiger partial charge in [0.1, 0.15) is 11.5 Å². The zero-order chi connectivity index (χ0) is 12.9. The monoisotopic (exact) mass is 268 g/mol. The lowest BCUT2D eigenvalue weighted by Crippen LogP contribution is -2.17. The molecule has 17 heavy (non-hydrogen) atoms. The van der Waals surface area contributed by atoms with E-state index in [-0.39, 0.29) is 16.5 Å². The minimum absolute atomic E-state index is 0.137. The van der Waals surface area contributed by atoms with E-state index in [2.05, 4.69) is 4.74 Å². The summed E-state index contributed by atoms with van der Waals surface area (Å²) in [6.07, 6.45) is -2.97. The van der Waals surface area contributed by atoms with Crippen LogP contribution in [0.3, 0.4) is 0 Å². The Labute approximate surface area is 102 Å². The maximum absolute atomic E-state index is 12.0. The summed E-state index contributed by atoms with van der Waals surface area (Å²) in [7, 11) is 0. The Morgan fingerprint density at radius 3 is 2.41 bits per heavy atom. The lowest BCUT2D eigenvalue weighted by Gasteiger charge is -2.11. The molecule has 2 nitrogen and oxygen atoms in total. The molecular formula is C11H12ClF3O2. The summed E-state index contributed by atoms with van der Waals surface area (Å²) in [5.41, 5.74) is 0. The molecule has 0 saturated heterocycles. The van der Waals surface area contributed by atoms with Gasteiger partial charge in [0.05, 0.1) is 6.61 Å². The topological polar surface area (TPSA) is 18.5 Å². The number of unbranched alkanes of at least 4 members (excludes halogenated alkanes) is 1. The Morgan fingerprint density at radius 2 is 1.82 bits per heavy atom. The van der Waals surface area contributed by atoms with Crippen molar-refractivity contribution in [1.82, 2.24) is 0 Å². The number of hydrogen-bond acceptors (Lipinski definition) is 2. The third-order valence-electron chi connectivity index (χ3n) is 1.85. The van der Waals surface area contributed by atoms with E-state index in [0.717, 1.165) is 25.0 Å². The van der Waals surface area contributed by atoms with Gasteiger partial charge in [-0.2, -0.15) is 0 Å². The second-order valence-corrected chi connectivity index (χ2v) is 3.81. The zero-order valence-corrected chi connectivity index (χ0v) is 9.94. The minimum Gasteiger partial charge on any atom is -0.493 e. The van der Waals surface area contributed by atoms with Crippen LogP contribution in [0.1, 0.15) is 19.8 Å². The Bertz CT molecular complexity index is 366. The molecule has 0 aliphatic rings. The lowest BCUT2D eigenvalue weighted by atomic mass is 10.3. The summed E-state index contributed by atoms with van der Waals surface area (Å²) in [5, 5.41) is 0.137. The van der Waals surface area contributed by atoms with Crippen molar-refractivity contribution in [1.29, 1.82) is 0 Å². The number of rotatable bonds is 5. The van der Waals surface area contributed by atoms with Gasteiger partial charge >= 0.3 is 6.36 Å².